The van der Waals surface area contributed by atoms with E-state index >= 15 is 0 Å². The lowest BCUT2D eigenvalue weighted by atomic mass is 9.55. The molecule has 0 fully saturated rings. The van der Waals surface area contributed by atoms with Gasteiger partial charge in [-0.15, -0.1) is 0 Å². The fraction of sp³-hybridized carbons (Fsp3) is 0.0800. The monoisotopic (exact) mass is 664 g/mol. The number of nitrogens with zero attached hydrogens (tertiary/aromatic N) is 2. The zero-order valence-corrected chi connectivity index (χ0v) is 29.2. The number of hydrogen-bond acceptors (Lipinski definition) is 2. The van der Waals surface area contributed by atoms with E-state index in [2.05, 4.69) is 184 Å². The minimum atomic E-state index is -0.455. The Bertz CT molecular complexity index is 2550. The van der Waals surface area contributed by atoms with Crippen molar-refractivity contribution in [2.45, 2.75) is 24.7 Å². The van der Waals surface area contributed by atoms with Crippen molar-refractivity contribution in [3.05, 3.63) is 215 Å². The SMILES string of the molecule is CC1(C)c2ccccc2C2(c3ccccc3-c3c(-c4ccccc4-c4nc(-c5ccccc5)cc(-c5ccccc5)n4)cccc32)c2ccccc21. The number of aromatic nitrogens is 2. The summed E-state index contributed by atoms with van der Waals surface area (Å²) in [5, 5.41) is 0. The zero-order chi connectivity index (χ0) is 34.9. The van der Waals surface area contributed by atoms with E-state index in [1.54, 1.807) is 0 Å². The van der Waals surface area contributed by atoms with Gasteiger partial charge >= 0.3 is 0 Å². The first kappa shape index (κ1) is 30.4. The van der Waals surface area contributed by atoms with Crippen LogP contribution in [0.15, 0.2) is 182 Å². The lowest BCUT2D eigenvalue weighted by Crippen LogP contribution is -2.40. The smallest absolute Gasteiger partial charge is 0.161 e. The maximum Gasteiger partial charge on any atom is 0.161 e. The van der Waals surface area contributed by atoms with Crippen LogP contribution in [0.5, 0.6) is 0 Å². The van der Waals surface area contributed by atoms with E-state index in [1.807, 2.05) is 12.1 Å². The Morgan fingerprint density at radius 3 is 1.35 bits per heavy atom. The Labute approximate surface area is 305 Å². The van der Waals surface area contributed by atoms with E-state index in [1.165, 1.54) is 50.1 Å². The Kier molecular flexibility index (Phi) is 6.78. The molecule has 2 nitrogen and oxygen atoms in total. The highest BCUT2D eigenvalue weighted by atomic mass is 14.9. The summed E-state index contributed by atoms with van der Waals surface area (Å²) in [6, 6.07) is 65.8. The molecule has 1 heterocycles. The van der Waals surface area contributed by atoms with Gasteiger partial charge in [-0.3, -0.25) is 0 Å². The first-order valence-corrected chi connectivity index (χ1v) is 18.1. The molecule has 0 saturated carbocycles. The average molecular weight is 665 g/mol. The highest BCUT2D eigenvalue weighted by Gasteiger charge is 2.53. The lowest BCUT2D eigenvalue weighted by molar-refractivity contribution is 0.563. The fourth-order valence-electron chi connectivity index (χ4n) is 9.13. The molecule has 0 unspecified atom stereocenters. The van der Waals surface area contributed by atoms with Gasteiger partial charge in [0.2, 0.25) is 0 Å². The lowest BCUT2D eigenvalue weighted by Gasteiger charge is -2.46. The third-order valence-electron chi connectivity index (χ3n) is 11.4. The highest BCUT2D eigenvalue weighted by Crippen LogP contribution is 2.63. The summed E-state index contributed by atoms with van der Waals surface area (Å²) in [7, 11) is 0. The third-order valence-corrected chi connectivity index (χ3v) is 11.4. The minimum Gasteiger partial charge on any atom is -0.228 e. The summed E-state index contributed by atoms with van der Waals surface area (Å²) in [6.07, 6.45) is 0. The quantitative estimate of drug-likeness (QED) is 0.187. The largest absolute Gasteiger partial charge is 0.228 e. The molecule has 246 valence electrons. The summed E-state index contributed by atoms with van der Waals surface area (Å²) in [5.41, 5.74) is 17.3. The first-order valence-electron chi connectivity index (χ1n) is 18.1. The molecule has 0 bridgehead atoms. The Morgan fingerprint density at radius 1 is 0.346 bits per heavy atom. The molecule has 2 heteroatoms. The van der Waals surface area contributed by atoms with E-state index in [0.29, 0.717) is 5.82 Å². The molecule has 0 radical (unpaired) electrons. The molecular formula is C50H36N2. The molecule has 0 N–H and O–H groups in total. The first-order chi connectivity index (χ1) is 25.6. The van der Waals surface area contributed by atoms with Gasteiger partial charge in [-0.05, 0) is 61.7 Å². The third kappa shape index (κ3) is 4.31. The molecular weight excluding hydrogens is 629 g/mol. The Morgan fingerprint density at radius 2 is 0.769 bits per heavy atom. The molecule has 0 aliphatic heterocycles. The molecule has 1 spiro atoms. The topological polar surface area (TPSA) is 25.8 Å². The van der Waals surface area contributed by atoms with Crippen molar-refractivity contribution >= 4 is 0 Å². The standard InChI is InChI=1S/C50H36N2/c1-49(2)40-27-13-15-29-42(40)50(43-30-16-14-28-41(43)49)39-26-12-11-24-38(39)47-36(25-17-31-44(47)50)35-22-9-10-23-37(35)48-51-45(33-18-5-3-6-19-33)32-46(52-48)34-20-7-4-8-21-34/h3-32H,1-2H3. The Balaban J connectivity index is 1.26. The molecule has 8 aromatic rings. The summed E-state index contributed by atoms with van der Waals surface area (Å²) < 4.78 is 0. The van der Waals surface area contributed by atoms with Crippen LogP contribution in [0.1, 0.15) is 47.2 Å². The second-order valence-electron chi connectivity index (χ2n) is 14.5. The maximum atomic E-state index is 5.27. The van der Waals surface area contributed by atoms with Gasteiger partial charge in [0.25, 0.3) is 0 Å². The predicted octanol–water partition coefficient (Wildman–Crippen LogP) is 12.1. The van der Waals surface area contributed by atoms with E-state index in [-0.39, 0.29) is 5.41 Å². The number of benzene rings is 7. The molecule has 0 amide bonds. The van der Waals surface area contributed by atoms with Gasteiger partial charge in [-0.2, -0.15) is 0 Å². The van der Waals surface area contributed by atoms with Crippen LogP contribution in [0.3, 0.4) is 0 Å². The molecule has 10 rings (SSSR count). The summed E-state index contributed by atoms with van der Waals surface area (Å²) in [5.74, 6) is 0.713. The normalized spacial score (nSPS) is 14.3. The van der Waals surface area contributed by atoms with E-state index < -0.39 is 5.41 Å². The molecule has 1 aromatic heterocycles. The average Bonchev–Trinajstić information content (AvgIpc) is 3.52. The predicted molar refractivity (Wildman–Crippen MR) is 213 cm³/mol. The molecule has 0 saturated heterocycles. The maximum absolute atomic E-state index is 5.27. The van der Waals surface area contributed by atoms with Gasteiger partial charge in [0.1, 0.15) is 0 Å². The fourth-order valence-corrected chi connectivity index (χ4v) is 9.13. The van der Waals surface area contributed by atoms with E-state index in [4.69, 9.17) is 9.97 Å². The second-order valence-corrected chi connectivity index (χ2v) is 14.5. The van der Waals surface area contributed by atoms with Gasteiger partial charge in [0, 0.05) is 22.1 Å². The van der Waals surface area contributed by atoms with Gasteiger partial charge in [0.05, 0.1) is 16.8 Å². The summed E-state index contributed by atoms with van der Waals surface area (Å²) >= 11 is 0. The number of fused-ring (bicyclic) bond motifs is 9. The van der Waals surface area contributed by atoms with Gasteiger partial charge < -0.3 is 0 Å². The Hall–Kier alpha value is -6.38. The van der Waals surface area contributed by atoms with Crippen molar-refractivity contribution in [1.29, 1.82) is 0 Å². The highest BCUT2D eigenvalue weighted by molar-refractivity contribution is 5.99. The zero-order valence-electron chi connectivity index (χ0n) is 29.2. The van der Waals surface area contributed by atoms with E-state index in [0.717, 1.165) is 33.6 Å². The number of hydrogen-bond donors (Lipinski definition) is 0. The van der Waals surface area contributed by atoms with Crippen LogP contribution >= 0.6 is 0 Å². The van der Waals surface area contributed by atoms with Crippen molar-refractivity contribution in [3.63, 3.8) is 0 Å². The van der Waals surface area contributed by atoms with Crippen molar-refractivity contribution in [2.24, 2.45) is 0 Å². The van der Waals surface area contributed by atoms with Crippen LogP contribution in [0, 0.1) is 0 Å². The molecule has 2 aliphatic carbocycles. The van der Waals surface area contributed by atoms with Crippen LogP contribution in [-0.2, 0) is 10.8 Å². The van der Waals surface area contributed by atoms with Crippen LogP contribution in [0.4, 0.5) is 0 Å². The molecule has 52 heavy (non-hydrogen) atoms. The molecule has 2 aliphatic rings. The minimum absolute atomic E-state index is 0.141. The van der Waals surface area contributed by atoms with Crippen LogP contribution in [0.25, 0.3) is 56.2 Å². The van der Waals surface area contributed by atoms with Crippen LogP contribution < -0.4 is 0 Å². The van der Waals surface area contributed by atoms with E-state index in [9.17, 15) is 0 Å². The number of rotatable bonds is 4. The molecule has 0 atom stereocenters. The van der Waals surface area contributed by atoms with Crippen molar-refractivity contribution in [3.8, 4) is 56.2 Å². The van der Waals surface area contributed by atoms with Gasteiger partial charge in [-0.1, -0.05) is 190 Å². The summed E-state index contributed by atoms with van der Waals surface area (Å²) in [6.45, 7) is 4.75. The van der Waals surface area contributed by atoms with Gasteiger partial charge in [-0.25, -0.2) is 9.97 Å². The summed E-state index contributed by atoms with van der Waals surface area (Å²) in [4.78, 5) is 10.5. The molecule has 7 aromatic carbocycles. The van der Waals surface area contributed by atoms with Crippen molar-refractivity contribution in [2.75, 3.05) is 0 Å². The van der Waals surface area contributed by atoms with Crippen molar-refractivity contribution in [1.82, 2.24) is 9.97 Å². The van der Waals surface area contributed by atoms with Crippen LogP contribution in [0.2, 0.25) is 0 Å². The van der Waals surface area contributed by atoms with Crippen LogP contribution in [-0.4, -0.2) is 9.97 Å². The second kappa shape index (κ2) is 11.6. The van der Waals surface area contributed by atoms with Crippen molar-refractivity contribution < 1.29 is 0 Å². The van der Waals surface area contributed by atoms with Gasteiger partial charge in [0.15, 0.2) is 5.82 Å².